The van der Waals surface area contributed by atoms with E-state index >= 15 is 0 Å². The second kappa shape index (κ2) is 6.47. The molecule has 0 aliphatic heterocycles. The third kappa shape index (κ3) is 3.41. The van der Waals surface area contributed by atoms with Crippen LogP contribution in [0.25, 0.3) is 0 Å². The third-order valence-corrected chi connectivity index (χ3v) is 2.89. The number of aliphatic hydroxyl groups is 1. The van der Waals surface area contributed by atoms with Gasteiger partial charge in [0.15, 0.2) is 0 Å². The standard InChI is InChI=1S/C13H18F2N2O2/c1-4-16-12-10(14)5-9(6-11(12)15)13(19)17(3)8(2)7-18/h5-6,8,16,18H,4,7H2,1-3H3. The highest BCUT2D eigenvalue weighted by Crippen LogP contribution is 2.21. The summed E-state index contributed by atoms with van der Waals surface area (Å²) in [6.07, 6.45) is 0. The number of hydrogen-bond acceptors (Lipinski definition) is 3. The van der Waals surface area contributed by atoms with E-state index in [1.807, 2.05) is 0 Å². The van der Waals surface area contributed by atoms with Gasteiger partial charge in [0, 0.05) is 19.2 Å². The van der Waals surface area contributed by atoms with Crippen molar-refractivity contribution in [3.63, 3.8) is 0 Å². The molecule has 1 aromatic carbocycles. The van der Waals surface area contributed by atoms with Gasteiger partial charge in [-0.05, 0) is 26.0 Å². The lowest BCUT2D eigenvalue weighted by Crippen LogP contribution is -2.37. The van der Waals surface area contributed by atoms with Crippen LogP contribution in [0.5, 0.6) is 0 Å². The Morgan fingerprint density at radius 3 is 2.37 bits per heavy atom. The molecular formula is C13H18F2N2O2. The second-order valence-electron chi connectivity index (χ2n) is 4.29. The predicted octanol–water partition coefficient (Wildman–Crippen LogP) is 1.85. The zero-order chi connectivity index (χ0) is 14.6. The second-order valence-corrected chi connectivity index (χ2v) is 4.29. The van der Waals surface area contributed by atoms with Crippen molar-refractivity contribution >= 4 is 11.6 Å². The van der Waals surface area contributed by atoms with Gasteiger partial charge in [-0.2, -0.15) is 0 Å². The van der Waals surface area contributed by atoms with Gasteiger partial charge in [-0.25, -0.2) is 8.78 Å². The number of rotatable bonds is 5. The molecular weight excluding hydrogens is 254 g/mol. The predicted molar refractivity (Wildman–Crippen MR) is 69.2 cm³/mol. The number of carbonyl (C=O) groups is 1. The van der Waals surface area contributed by atoms with Crippen LogP contribution in [0.3, 0.4) is 0 Å². The van der Waals surface area contributed by atoms with Crippen molar-refractivity contribution in [3.05, 3.63) is 29.3 Å². The fraction of sp³-hybridized carbons (Fsp3) is 0.462. The van der Waals surface area contributed by atoms with Crippen LogP contribution >= 0.6 is 0 Å². The van der Waals surface area contributed by atoms with Crippen LogP contribution in [0.4, 0.5) is 14.5 Å². The first-order valence-corrected chi connectivity index (χ1v) is 6.03. The topological polar surface area (TPSA) is 52.6 Å². The smallest absolute Gasteiger partial charge is 0.254 e. The molecule has 1 unspecified atom stereocenters. The number of hydrogen-bond donors (Lipinski definition) is 2. The first-order valence-electron chi connectivity index (χ1n) is 6.03. The van der Waals surface area contributed by atoms with E-state index in [1.54, 1.807) is 13.8 Å². The summed E-state index contributed by atoms with van der Waals surface area (Å²) < 4.78 is 27.4. The summed E-state index contributed by atoms with van der Waals surface area (Å²) in [6, 6.07) is 1.56. The number of nitrogens with one attached hydrogen (secondary N) is 1. The van der Waals surface area contributed by atoms with Crippen molar-refractivity contribution in [3.8, 4) is 0 Å². The molecule has 0 fully saturated rings. The van der Waals surface area contributed by atoms with E-state index in [-0.39, 0.29) is 17.9 Å². The van der Waals surface area contributed by atoms with E-state index in [0.29, 0.717) is 6.54 Å². The summed E-state index contributed by atoms with van der Waals surface area (Å²) in [7, 11) is 1.47. The normalized spacial score (nSPS) is 12.1. The van der Waals surface area contributed by atoms with Gasteiger partial charge in [0.2, 0.25) is 0 Å². The van der Waals surface area contributed by atoms with Crippen LogP contribution in [0.1, 0.15) is 24.2 Å². The first kappa shape index (κ1) is 15.4. The van der Waals surface area contributed by atoms with Crippen LogP contribution in [0.15, 0.2) is 12.1 Å². The lowest BCUT2D eigenvalue weighted by atomic mass is 10.1. The van der Waals surface area contributed by atoms with Gasteiger partial charge in [-0.1, -0.05) is 0 Å². The number of likely N-dealkylation sites (N-methyl/N-ethyl adjacent to an activating group) is 1. The summed E-state index contributed by atoms with van der Waals surface area (Å²) in [5, 5.41) is 11.5. The van der Waals surface area contributed by atoms with Crippen LogP contribution < -0.4 is 5.32 Å². The molecule has 1 aromatic rings. The molecule has 1 rings (SSSR count). The van der Waals surface area contributed by atoms with Crippen molar-refractivity contribution in [2.45, 2.75) is 19.9 Å². The molecule has 1 amide bonds. The van der Waals surface area contributed by atoms with Gasteiger partial charge in [0.1, 0.15) is 17.3 Å². The molecule has 106 valence electrons. The lowest BCUT2D eigenvalue weighted by molar-refractivity contribution is 0.0681. The Morgan fingerprint density at radius 1 is 1.42 bits per heavy atom. The minimum absolute atomic E-state index is 0.0838. The van der Waals surface area contributed by atoms with Gasteiger partial charge in [-0.15, -0.1) is 0 Å². The number of aliphatic hydroxyl groups excluding tert-OH is 1. The number of carbonyl (C=O) groups excluding carboxylic acids is 1. The van der Waals surface area contributed by atoms with E-state index in [0.717, 1.165) is 12.1 Å². The highest BCUT2D eigenvalue weighted by molar-refractivity contribution is 5.94. The Bertz CT molecular complexity index is 443. The largest absolute Gasteiger partial charge is 0.394 e. The van der Waals surface area contributed by atoms with Crippen molar-refractivity contribution in [2.24, 2.45) is 0 Å². The number of nitrogens with zero attached hydrogens (tertiary/aromatic N) is 1. The summed E-state index contributed by atoms with van der Waals surface area (Å²) in [5.74, 6) is -2.16. The molecule has 6 heteroatoms. The Balaban J connectivity index is 3.06. The minimum Gasteiger partial charge on any atom is -0.394 e. The fourth-order valence-electron chi connectivity index (χ4n) is 1.57. The van der Waals surface area contributed by atoms with Crippen molar-refractivity contribution in [2.75, 3.05) is 25.5 Å². The van der Waals surface area contributed by atoms with E-state index in [1.165, 1.54) is 11.9 Å². The molecule has 0 spiro atoms. The molecule has 0 aliphatic carbocycles. The maximum absolute atomic E-state index is 13.7. The Labute approximate surface area is 111 Å². The molecule has 0 aliphatic rings. The number of benzene rings is 1. The Hall–Kier alpha value is -1.69. The first-order chi connectivity index (χ1) is 8.92. The zero-order valence-electron chi connectivity index (χ0n) is 11.2. The molecule has 1 atom stereocenters. The third-order valence-electron chi connectivity index (χ3n) is 2.89. The maximum atomic E-state index is 13.7. The molecule has 0 radical (unpaired) electrons. The van der Waals surface area contributed by atoms with Gasteiger partial charge < -0.3 is 15.3 Å². The van der Waals surface area contributed by atoms with Crippen molar-refractivity contribution in [1.29, 1.82) is 0 Å². The summed E-state index contributed by atoms with van der Waals surface area (Å²) in [5.41, 5.74) is -0.323. The molecule has 0 bridgehead atoms. The zero-order valence-corrected chi connectivity index (χ0v) is 11.2. The average molecular weight is 272 g/mol. The van der Waals surface area contributed by atoms with Crippen LogP contribution in [-0.4, -0.2) is 42.2 Å². The Kier molecular flexibility index (Phi) is 5.23. The van der Waals surface area contributed by atoms with Gasteiger partial charge in [0.05, 0.1) is 12.6 Å². The van der Waals surface area contributed by atoms with Crippen LogP contribution in [-0.2, 0) is 0 Å². The van der Waals surface area contributed by atoms with Crippen LogP contribution in [0.2, 0.25) is 0 Å². The minimum atomic E-state index is -0.810. The van der Waals surface area contributed by atoms with E-state index in [2.05, 4.69) is 5.32 Å². The molecule has 0 saturated carbocycles. The molecule has 0 aromatic heterocycles. The molecule has 19 heavy (non-hydrogen) atoms. The average Bonchev–Trinajstić information content (AvgIpc) is 2.40. The van der Waals surface area contributed by atoms with Crippen molar-refractivity contribution < 1.29 is 18.7 Å². The number of amides is 1. The van der Waals surface area contributed by atoms with Crippen LogP contribution in [0, 0.1) is 11.6 Å². The molecule has 0 saturated heterocycles. The molecule has 0 heterocycles. The van der Waals surface area contributed by atoms with E-state index in [9.17, 15) is 13.6 Å². The van der Waals surface area contributed by atoms with Gasteiger partial charge in [0.25, 0.3) is 5.91 Å². The highest BCUT2D eigenvalue weighted by atomic mass is 19.1. The quantitative estimate of drug-likeness (QED) is 0.860. The summed E-state index contributed by atoms with van der Waals surface area (Å²) in [6.45, 7) is 3.51. The molecule has 2 N–H and O–H groups in total. The number of anilines is 1. The van der Waals surface area contributed by atoms with E-state index in [4.69, 9.17) is 5.11 Å². The van der Waals surface area contributed by atoms with Gasteiger partial charge >= 0.3 is 0 Å². The highest BCUT2D eigenvalue weighted by Gasteiger charge is 2.20. The SMILES string of the molecule is CCNc1c(F)cc(C(=O)N(C)C(C)CO)cc1F. The van der Waals surface area contributed by atoms with E-state index < -0.39 is 23.6 Å². The maximum Gasteiger partial charge on any atom is 0.254 e. The Morgan fingerprint density at radius 2 is 1.95 bits per heavy atom. The fourth-order valence-corrected chi connectivity index (χ4v) is 1.57. The number of halogens is 2. The summed E-state index contributed by atoms with van der Waals surface area (Å²) in [4.78, 5) is 13.2. The van der Waals surface area contributed by atoms with Crippen molar-refractivity contribution in [1.82, 2.24) is 4.90 Å². The monoisotopic (exact) mass is 272 g/mol. The summed E-state index contributed by atoms with van der Waals surface area (Å²) >= 11 is 0. The van der Waals surface area contributed by atoms with Gasteiger partial charge in [-0.3, -0.25) is 4.79 Å². The molecule has 4 nitrogen and oxygen atoms in total. The lowest BCUT2D eigenvalue weighted by Gasteiger charge is -2.23.